The molecule has 142 valence electrons. The summed E-state index contributed by atoms with van der Waals surface area (Å²) in [6.45, 7) is 8.26. The normalized spacial score (nSPS) is 15.5. The number of hydrogen-bond acceptors (Lipinski definition) is 3. The van der Waals surface area contributed by atoms with E-state index in [4.69, 9.17) is 14.5 Å². The van der Waals surface area contributed by atoms with Crippen LogP contribution in [-0.4, -0.2) is 51.3 Å². The summed E-state index contributed by atoms with van der Waals surface area (Å²) >= 11 is 0. The molecule has 1 aromatic carbocycles. The Hall–Kier alpha value is -1.18. The first-order chi connectivity index (χ1) is 11.7. The van der Waals surface area contributed by atoms with Crippen LogP contribution in [0, 0.1) is 5.92 Å². The Kier molecular flexibility index (Phi) is 10.0. The fraction of sp³-hybridized carbons (Fsp3) is 0.632. The summed E-state index contributed by atoms with van der Waals surface area (Å²) in [5.41, 5.74) is 1.13. The topological polar surface area (TPSA) is 46.1 Å². The van der Waals surface area contributed by atoms with Crippen LogP contribution in [0.2, 0.25) is 0 Å². The molecular formula is C19H32IN3O2. The SMILES string of the molecule is CCNC(=NCCc1cc(OC)ccc1OC)N1CCC(C)CC1.I. The summed E-state index contributed by atoms with van der Waals surface area (Å²) in [5, 5.41) is 3.42. The largest absolute Gasteiger partial charge is 0.497 e. The molecule has 0 amide bonds. The Balaban J connectivity index is 0.00000312. The number of nitrogens with zero attached hydrogens (tertiary/aromatic N) is 2. The Morgan fingerprint density at radius 3 is 2.56 bits per heavy atom. The van der Waals surface area contributed by atoms with E-state index in [-0.39, 0.29) is 24.0 Å². The van der Waals surface area contributed by atoms with E-state index in [0.29, 0.717) is 0 Å². The van der Waals surface area contributed by atoms with Crippen LogP contribution in [0.5, 0.6) is 11.5 Å². The van der Waals surface area contributed by atoms with Gasteiger partial charge in [-0.3, -0.25) is 4.99 Å². The Labute approximate surface area is 169 Å². The van der Waals surface area contributed by atoms with Crippen LogP contribution >= 0.6 is 24.0 Å². The molecule has 0 aliphatic carbocycles. The molecule has 0 saturated carbocycles. The number of piperidine rings is 1. The van der Waals surface area contributed by atoms with Gasteiger partial charge < -0.3 is 19.7 Å². The van der Waals surface area contributed by atoms with Crippen LogP contribution in [0.15, 0.2) is 23.2 Å². The number of aliphatic imine (C=N–C) groups is 1. The van der Waals surface area contributed by atoms with Gasteiger partial charge in [0.25, 0.3) is 0 Å². The molecule has 0 atom stereocenters. The van der Waals surface area contributed by atoms with Crippen LogP contribution in [-0.2, 0) is 6.42 Å². The molecule has 0 aromatic heterocycles. The maximum absolute atomic E-state index is 5.45. The number of likely N-dealkylation sites (tertiary alicyclic amines) is 1. The van der Waals surface area contributed by atoms with Crippen LogP contribution in [0.1, 0.15) is 32.3 Å². The zero-order valence-electron chi connectivity index (χ0n) is 15.9. The molecule has 0 unspecified atom stereocenters. The minimum absolute atomic E-state index is 0. The van der Waals surface area contributed by atoms with Crippen molar-refractivity contribution < 1.29 is 9.47 Å². The predicted molar refractivity (Wildman–Crippen MR) is 115 cm³/mol. The highest BCUT2D eigenvalue weighted by Gasteiger charge is 2.18. The highest BCUT2D eigenvalue weighted by Crippen LogP contribution is 2.24. The fourth-order valence-electron chi connectivity index (χ4n) is 3.01. The molecule has 0 bridgehead atoms. The van der Waals surface area contributed by atoms with Crippen molar-refractivity contribution in [3.8, 4) is 11.5 Å². The van der Waals surface area contributed by atoms with Gasteiger partial charge in [-0.1, -0.05) is 6.92 Å². The Bertz CT molecular complexity index is 543. The summed E-state index contributed by atoms with van der Waals surface area (Å²) in [5.74, 6) is 3.60. The Morgan fingerprint density at radius 2 is 1.96 bits per heavy atom. The number of rotatable bonds is 6. The average Bonchev–Trinajstić information content (AvgIpc) is 2.61. The van der Waals surface area contributed by atoms with E-state index >= 15 is 0 Å². The summed E-state index contributed by atoms with van der Waals surface area (Å²) < 4.78 is 10.8. The fourth-order valence-corrected chi connectivity index (χ4v) is 3.01. The first-order valence-corrected chi connectivity index (χ1v) is 8.92. The lowest BCUT2D eigenvalue weighted by atomic mass is 10.00. The third-order valence-electron chi connectivity index (χ3n) is 4.55. The van der Waals surface area contributed by atoms with Gasteiger partial charge in [0.1, 0.15) is 11.5 Å². The highest BCUT2D eigenvalue weighted by atomic mass is 127. The average molecular weight is 461 g/mol. The van der Waals surface area contributed by atoms with E-state index in [0.717, 1.165) is 61.5 Å². The van der Waals surface area contributed by atoms with Crippen molar-refractivity contribution in [2.75, 3.05) is 40.4 Å². The zero-order chi connectivity index (χ0) is 17.4. The third kappa shape index (κ3) is 6.56. The monoisotopic (exact) mass is 461 g/mol. The summed E-state index contributed by atoms with van der Waals surface area (Å²) in [6.07, 6.45) is 3.32. The molecule has 1 aliphatic rings. The molecule has 25 heavy (non-hydrogen) atoms. The van der Waals surface area contributed by atoms with Crippen molar-refractivity contribution in [3.63, 3.8) is 0 Å². The van der Waals surface area contributed by atoms with Crippen LogP contribution in [0.4, 0.5) is 0 Å². The molecule has 0 radical (unpaired) electrons. The lowest BCUT2D eigenvalue weighted by Gasteiger charge is -2.33. The molecule has 2 rings (SSSR count). The van der Waals surface area contributed by atoms with Gasteiger partial charge in [-0.15, -0.1) is 24.0 Å². The summed E-state index contributed by atoms with van der Waals surface area (Å²) in [4.78, 5) is 7.20. The molecule has 1 heterocycles. The summed E-state index contributed by atoms with van der Waals surface area (Å²) in [6, 6.07) is 5.91. The van der Waals surface area contributed by atoms with Crippen molar-refractivity contribution in [1.29, 1.82) is 0 Å². The van der Waals surface area contributed by atoms with Gasteiger partial charge in [0.05, 0.1) is 14.2 Å². The molecule has 1 saturated heterocycles. The van der Waals surface area contributed by atoms with Gasteiger partial charge in [0.2, 0.25) is 0 Å². The minimum atomic E-state index is 0. The summed E-state index contributed by atoms with van der Waals surface area (Å²) in [7, 11) is 3.39. The second-order valence-electron chi connectivity index (χ2n) is 6.33. The quantitative estimate of drug-likeness (QED) is 0.400. The maximum atomic E-state index is 5.45. The smallest absolute Gasteiger partial charge is 0.193 e. The molecule has 1 aliphatic heterocycles. The van der Waals surface area contributed by atoms with E-state index in [1.165, 1.54) is 12.8 Å². The second kappa shape index (κ2) is 11.4. The van der Waals surface area contributed by atoms with Crippen molar-refractivity contribution in [1.82, 2.24) is 10.2 Å². The van der Waals surface area contributed by atoms with E-state index in [2.05, 4.69) is 24.1 Å². The van der Waals surface area contributed by atoms with Gasteiger partial charge in [0, 0.05) is 26.2 Å². The van der Waals surface area contributed by atoms with Crippen molar-refractivity contribution in [3.05, 3.63) is 23.8 Å². The molecule has 1 N–H and O–H groups in total. The van der Waals surface area contributed by atoms with E-state index in [9.17, 15) is 0 Å². The van der Waals surface area contributed by atoms with Crippen LogP contribution in [0.25, 0.3) is 0 Å². The van der Waals surface area contributed by atoms with Crippen molar-refractivity contribution in [2.24, 2.45) is 10.9 Å². The highest BCUT2D eigenvalue weighted by molar-refractivity contribution is 14.0. The molecule has 1 aromatic rings. The van der Waals surface area contributed by atoms with E-state index < -0.39 is 0 Å². The molecular weight excluding hydrogens is 429 g/mol. The van der Waals surface area contributed by atoms with Gasteiger partial charge in [-0.2, -0.15) is 0 Å². The van der Waals surface area contributed by atoms with Crippen molar-refractivity contribution in [2.45, 2.75) is 33.1 Å². The van der Waals surface area contributed by atoms with E-state index in [1.54, 1.807) is 14.2 Å². The zero-order valence-corrected chi connectivity index (χ0v) is 18.2. The lowest BCUT2D eigenvalue weighted by Crippen LogP contribution is -2.45. The van der Waals surface area contributed by atoms with Crippen LogP contribution in [0.3, 0.4) is 0 Å². The molecule has 5 nitrogen and oxygen atoms in total. The number of benzene rings is 1. The Morgan fingerprint density at radius 1 is 1.24 bits per heavy atom. The first kappa shape index (κ1) is 21.9. The van der Waals surface area contributed by atoms with E-state index in [1.807, 2.05) is 18.2 Å². The molecule has 0 spiro atoms. The molecule has 6 heteroatoms. The van der Waals surface area contributed by atoms with Gasteiger partial charge in [0.15, 0.2) is 5.96 Å². The minimum Gasteiger partial charge on any atom is -0.497 e. The second-order valence-corrected chi connectivity index (χ2v) is 6.33. The third-order valence-corrected chi connectivity index (χ3v) is 4.55. The lowest BCUT2D eigenvalue weighted by molar-refractivity contribution is 0.273. The number of nitrogens with one attached hydrogen (secondary N) is 1. The molecule has 1 fully saturated rings. The first-order valence-electron chi connectivity index (χ1n) is 8.92. The maximum Gasteiger partial charge on any atom is 0.193 e. The number of hydrogen-bond donors (Lipinski definition) is 1. The number of methoxy groups -OCH3 is 2. The number of ether oxygens (including phenoxy) is 2. The van der Waals surface area contributed by atoms with Crippen LogP contribution < -0.4 is 14.8 Å². The van der Waals surface area contributed by atoms with Gasteiger partial charge >= 0.3 is 0 Å². The standard InChI is InChI=1S/C19H31N3O2.HI/c1-5-20-19(22-12-9-15(2)10-13-22)21-11-8-16-14-17(23-3)6-7-18(16)24-4;/h6-7,14-15H,5,8-13H2,1-4H3,(H,20,21);1H. The van der Waals surface area contributed by atoms with Gasteiger partial charge in [-0.25, -0.2) is 0 Å². The van der Waals surface area contributed by atoms with Crippen molar-refractivity contribution >= 4 is 29.9 Å². The number of halogens is 1. The predicted octanol–water partition coefficient (Wildman–Crippen LogP) is 3.56. The van der Waals surface area contributed by atoms with Gasteiger partial charge in [-0.05, 0) is 55.9 Å². The number of guanidine groups is 1.